The van der Waals surface area contributed by atoms with Crippen molar-refractivity contribution in [1.29, 1.82) is 0 Å². The van der Waals surface area contributed by atoms with Gasteiger partial charge >= 0.3 is 0 Å². The molecule has 23 heavy (non-hydrogen) atoms. The fourth-order valence-electron chi connectivity index (χ4n) is 2.45. The zero-order valence-electron chi connectivity index (χ0n) is 12.9. The predicted octanol–water partition coefficient (Wildman–Crippen LogP) is 4.00. The molecule has 0 spiro atoms. The smallest absolute Gasteiger partial charge is 0.219 e. The largest absolute Gasteiger partial charge is 0.477 e. The molecule has 0 bridgehead atoms. The summed E-state index contributed by atoms with van der Waals surface area (Å²) in [6.07, 6.45) is 8.90. The van der Waals surface area contributed by atoms with Gasteiger partial charge in [-0.05, 0) is 52.1 Å². The molecule has 0 aliphatic heterocycles. The summed E-state index contributed by atoms with van der Waals surface area (Å²) in [5.74, 6) is 3.45. The molecule has 0 saturated carbocycles. The van der Waals surface area contributed by atoms with Gasteiger partial charge in [0, 0.05) is 12.4 Å². The molecule has 5 nitrogen and oxygen atoms in total. The number of hydrogen-bond donors (Lipinski definition) is 0. The van der Waals surface area contributed by atoms with E-state index in [1.807, 2.05) is 17.7 Å². The van der Waals surface area contributed by atoms with Crippen LogP contribution < -0.4 is 4.74 Å². The number of hydrogen-bond acceptors (Lipinski definition) is 3. The highest BCUT2D eigenvalue weighted by Crippen LogP contribution is 2.35. The summed E-state index contributed by atoms with van der Waals surface area (Å²) in [4.78, 5) is 0. The molecule has 0 amide bonds. The van der Waals surface area contributed by atoms with Crippen molar-refractivity contribution in [3.63, 3.8) is 0 Å². The Hall–Kier alpha value is -1.58. The van der Waals surface area contributed by atoms with Crippen molar-refractivity contribution in [2.75, 3.05) is 6.61 Å². The lowest BCUT2D eigenvalue weighted by molar-refractivity contribution is 0.291. The first kappa shape index (κ1) is 16.3. The Balaban J connectivity index is 2.13. The first-order chi connectivity index (χ1) is 11.2. The molecule has 3 rings (SSSR count). The van der Waals surface area contributed by atoms with Gasteiger partial charge in [0.15, 0.2) is 0 Å². The van der Waals surface area contributed by atoms with Crippen LogP contribution in [0.15, 0.2) is 24.4 Å². The van der Waals surface area contributed by atoms with Crippen LogP contribution in [0.5, 0.6) is 5.88 Å². The molecule has 0 N–H and O–H groups in total. The molecule has 2 aromatic heterocycles. The van der Waals surface area contributed by atoms with Crippen LogP contribution in [0, 0.1) is 12.3 Å². The van der Waals surface area contributed by atoms with E-state index >= 15 is 0 Å². The van der Waals surface area contributed by atoms with Crippen LogP contribution in [0.1, 0.15) is 19.0 Å². The highest BCUT2D eigenvalue weighted by molar-refractivity contribution is 14.2. The average molecular weight is 438 g/mol. The van der Waals surface area contributed by atoms with Crippen LogP contribution in [0.4, 0.5) is 0 Å². The highest BCUT2D eigenvalue weighted by atomic mass is 127. The molecule has 1 unspecified atom stereocenters. The van der Waals surface area contributed by atoms with E-state index in [4.69, 9.17) is 11.2 Å². The molecule has 1 aromatic carbocycles. The van der Waals surface area contributed by atoms with E-state index in [-0.39, 0.29) is 0 Å². The van der Waals surface area contributed by atoms with Gasteiger partial charge in [-0.3, -0.25) is 0 Å². The first-order valence-electron chi connectivity index (χ1n) is 7.20. The number of benzene rings is 1. The summed E-state index contributed by atoms with van der Waals surface area (Å²) in [6, 6.07) is 6.19. The van der Waals surface area contributed by atoms with Gasteiger partial charge in [0.1, 0.15) is 5.69 Å². The molecular formula is C16H16IN4OP. The third-order valence-corrected chi connectivity index (χ3v) is 5.41. The van der Waals surface area contributed by atoms with Gasteiger partial charge in [0.2, 0.25) is 5.88 Å². The number of aromatic nitrogens is 4. The van der Waals surface area contributed by atoms with Crippen molar-refractivity contribution in [2.45, 2.75) is 13.3 Å². The van der Waals surface area contributed by atoms with E-state index in [1.165, 1.54) is 0 Å². The molecule has 7 heteroatoms. The van der Waals surface area contributed by atoms with Crippen LogP contribution in [-0.4, -0.2) is 25.9 Å². The summed E-state index contributed by atoms with van der Waals surface area (Å²) < 4.78 is 9.54. The minimum atomic E-state index is 0.512. The lowest BCUT2D eigenvalue weighted by Gasteiger charge is -2.08. The van der Waals surface area contributed by atoms with Crippen LogP contribution >= 0.6 is 28.4 Å². The van der Waals surface area contributed by atoms with Crippen LogP contribution in [0.3, 0.4) is 0 Å². The highest BCUT2D eigenvalue weighted by Gasteiger charge is 2.15. The molecule has 3 aromatic rings. The lowest BCUT2D eigenvalue weighted by atomic mass is 10.1. The predicted molar refractivity (Wildman–Crippen MR) is 103 cm³/mol. The van der Waals surface area contributed by atoms with E-state index in [0.29, 0.717) is 18.7 Å². The zero-order chi connectivity index (χ0) is 16.4. The topological polar surface area (TPSA) is 44.9 Å². The fraction of sp³-hybridized carbons (Fsp3) is 0.250. The first-order valence-corrected chi connectivity index (χ1v) is 11.3. The third kappa shape index (κ3) is 2.96. The Morgan fingerprint density at radius 3 is 2.96 bits per heavy atom. The quantitative estimate of drug-likeness (QED) is 0.344. The summed E-state index contributed by atoms with van der Waals surface area (Å²) in [6.45, 7) is 2.75. The molecule has 1 atom stereocenters. The van der Waals surface area contributed by atoms with E-state index in [2.05, 4.69) is 63.3 Å². The normalized spacial score (nSPS) is 11.4. The zero-order valence-corrected chi connectivity index (χ0v) is 16.0. The number of terminal acetylenes is 1. The van der Waals surface area contributed by atoms with E-state index in [0.717, 1.165) is 34.3 Å². The minimum Gasteiger partial charge on any atom is -0.477 e. The second-order valence-corrected chi connectivity index (χ2v) is 7.10. The van der Waals surface area contributed by atoms with Crippen molar-refractivity contribution < 1.29 is 4.74 Å². The molecular weight excluding hydrogens is 422 g/mol. The van der Waals surface area contributed by atoms with Crippen LogP contribution in [0.2, 0.25) is 0 Å². The van der Waals surface area contributed by atoms with Gasteiger partial charge < -0.3 is 4.74 Å². The van der Waals surface area contributed by atoms with Crippen LogP contribution in [0.25, 0.3) is 22.0 Å². The van der Waals surface area contributed by atoms with E-state index in [1.54, 1.807) is 4.68 Å². The van der Waals surface area contributed by atoms with E-state index < -0.39 is 0 Å². The van der Waals surface area contributed by atoms with Gasteiger partial charge in [-0.15, -0.1) is 6.42 Å². The number of aryl methyl sites for hydroxylation is 1. The Kier molecular flexibility index (Phi) is 4.88. The Morgan fingerprint density at radius 1 is 1.43 bits per heavy atom. The van der Waals surface area contributed by atoms with Gasteiger partial charge in [-0.25, -0.2) is 9.13 Å². The van der Waals surface area contributed by atoms with Gasteiger partial charge in [0.25, 0.3) is 0 Å². The van der Waals surface area contributed by atoms with Crippen molar-refractivity contribution in [3.05, 3.63) is 30.1 Å². The summed E-state index contributed by atoms with van der Waals surface area (Å²) in [7, 11) is 1.88. The maximum absolute atomic E-state index is 5.85. The molecule has 118 valence electrons. The summed E-state index contributed by atoms with van der Waals surface area (Å²) in [5.41, 5.74) is 3.72. The average Bonchev–Trinajstić information content (AvgIpc) is 3.12. The van der Waals surface area contributed by atoms with Gasteiger partial charge in [0.05, 0.1) is 30.3 Å². The molecule has 0 radical (unpaired) electrons. The second kappa shape index (κ2) is 6.90. The number of halogens is 1. The standard InChI is InChI=1S/C16H16IN4OP/c1-4-8-22-16-13(10-18-20(16)3)11-6-7-15-12(9-11)14(5-2)19-21(15)23-17/h2,6-7,9-10,23H,4,8H2,1,3H3. The van der Waals surface area contributed by atoms with Gasteiger partial charge in [-0.2, -0.15) is 10.2 Å². The Bertz CT molecular complexity index is 893. The lowest BCUT2D eigenvalue weighted by Crippen LogP contribution is -2.02. The number of fused-ring (bicyclic) bond motifs is 1. The Morgan fingerprint density at radius 2 is 2.26 bits per heavy atom. The second-order valence-electron chi connectivity index (χ2n) is 5.06. The van der Waals surface area contributed by atoms with E-state index in [9.17, 15) is 0 Å². The number of nitrogens with zero attached hydrogens (tertiary/aromatic N) is 4. The maximum Gasteiger partial charge on any atom is 0.219 e. The molecule has 2 heterocycles. The monoisotopic (exact) mass is 438 g/mol. The SMILES string of the molecule is C#Cc1nn(PI)c2ccc(-c3cnn(C)c3OCCC)cc12. The fourth-order valence-corrected chi connectivity index (χ4v) is 3.98. The summed E-state index contributed by atoms with van der Waals surface area (Å²) in [5, 5.41) is 9.78. The maximum atomic E-state index is 5.85. The van der Waals surface area contributed by atoms with Crippen molar-refractivity contribution in [1.82, 2.24) is 19.3 Å². The third-order valence-electron chi connectivity index (χ3n) is 3.53. The van der Waals surface area contributed by atoms with Crippen molar-refractivity contribution in [3.8, 4) is 29.4 Å². The minimum absolute atomic E-state index is 0.512. The number of ether oxygens (including phenoxy) is 1. The molecule has 0 aliphatic carbocycles. The summed E-state index contributed by atoms with van der Waals surface area (Å²) >= 11 is 2.30. The van der Waals surface area contributed by atoms with Crippen molar-refractivity contribution in [2.24, 2.45) is 7.05 Å². The molecule has 0 saturated heterocycles. The Labute approximate surface area is 149 Å². The molecule has 0 aliphatic rings. The van der Waals surface area contributed by atoms with Crippen molar-refractivity contribution >= 4 is 39.3 Å². The number of rotatable bonds is 5. The molecule has 0 fully saturated rings. The van der Waals surface area contributed by atoms with Crippen LogP contribution in [-0.2, 0) is 7.05 Å². The van der Waals surface area contributed by atoms with Gasteiger partial charge in [-0.1, -0.05) is 13.0 Å².